The van der Waals surface area contributed by atoms with Crippen LogP contribution in [0.5, 0.6) is 11.5 Å². The summed E-state index contributed by atoms with van der Waals surface area (Å²) >= 11 is 0. The average Bonchev–Trinajstić information content (AvgIpc) is 2.93. The molecule has 2 rings (SSSR count). The third kappa shape index (κ3) is 1.75. The molecule has 80 valence electrons. The second kappa shape index (κ2) is 3.15. The molecule has 1 aromatic carbocycles. The molecule has 0 radical (unpaired) electrons. The third-order valence-corrected chi connectivity index (χ3v) is 2.89. The topological polar surface area (TPSA) is 77.8 Å². The monoisotopic (exact) mass is 208 g/mol. The highest BCUT2D eigenvalue weighted by Crippen LogP contribution is 2.49. The van der Waals surface area contributed by atoms with Gasteiger partial charge in [0.05, 0.1) is 5.41 Å². The van der Waals surface area contributed by atoms with Gasteiger partial charge in [-0.25, -0.2) is 0 Å². The lowest BCUT2D eigenvalue weighted by molar-refractivity contribution is -0.143. The van der Waals surface area contributed by atoms with Gasteiger partial charge in [-0.05, 0) is 37.0 Å². The second-order valence-electron chi connectivity index (χ2n) is 4.09. The van der Waals surface area contributed by atoms with Crippen LogP contribution in [0.4, 0.5) is 0 Å². The number of hydrogen-bond acceptors (Lipinski definition) is 3. The smallest absolute Gasteiger partial charge is 0.309 e. The number of phenolic OH excluding ortho intramolecular Hbond substituents is 2. The maximum atomic E-state index is 10.9. The molecule has 1 aliphatic rings. The summed E-state index contributed by atoms with van der Waals surface area (Å²) in [7, 11) is 0. The van der Waals surface area contributed by atoms with Crippen LogP contribution in [0.3, 0.4) is 0 Å². The number of rotatable bonds is 3. The molecule has 3 N–H and O–H groups in total. The van der Waals surface area contributed by atoms with Crippen LogP contribution in [0, 0.1) is 5.41 Å². The largest absolute Gasteiger partial charge is 0.504 e. The Balaban J connectivity index is 2.18. The maximum absolute atomic E-state index is 10.9. The van der Waals surface area contributed by atoms with E-state index in [1.54, 1.807) is 6.07 Å². The molecule has 0 heterocycles. The van der Waals surface area contributed by atoms with Gasteiger partial charge in [0.25, 0.3) is 0 Å². The van der Waals surface area contributed by atoms with Crippen molar-refractivity contribution in [3.63, 3.8) is 0 Å². The van der Waals surface area contributed by atoms with Gasteiger partial charge in [-0.3, -0.25) is 4.79 Å². The fourth-order valence-corrected chi connectivity index (χ4v) is 1.69. The van der Waals surface area contributed by atoms with E-state index in [0.717, 1.165) is 5.56 Å². The zero-order chi connectivity index (χ0) is 11.1. The Labute approximate surface area is 86.8 Å². The van der Waals surface area contributed by atoms with E-state index >= 15 is 0 Å². The molecule has 1 aromatic rings. The number of hydrogen-bond donors (Lipinski definition) is 3. The van der Waals surface area contributed by atoms with E-state index in [-0.39, 0.29) is 11.5 Å². The Morgan fingerprint density at radius 2 is 1.93 bits per heavy atom. The van der Waals surface area contributed by atoms with Crippen LogP contribution >= 0.6 is 0 Å². The first kappa shape index (κ1) is 9.83. The normalized spacial score (nSPS) is 17.3. The number of carbonyl (C=O) groups is 1. The van der Waals surface area contributed by atoms with E-state index in [0.29, 0.717) is 19.3 Å². The predicted molar refractivity (Wildman–Crippen MR) is 52.8 cm³/mol. The summed E-state index contributed by atoms with van der Waals surface area (Å²) in [6.07, 6.45) is 1.78. The minimum Gasteiger partial charge on any atom is -0.504 e. The lowest BCUT2D eigenvalue weighted by atomic mass is 9.96. The molecule has 0 aliphatic heterocycles. The Hall–Kier alpha value is -1.71. The number of aromatic hydroxyl groups is 2. The van der Waals surface area contributed by atoms with E-state index < -0.39 is 11.4 Å². The molecular formula is C11H12O4. The lowest BCUT2D eigenvalue weighted by Crippen LogP contribution is -2.17. The van der Waals surface area contributed by atoms with E-state index in [2.05, 4.69) is 0 Å². The first-order valence-electron chi connectivity index (χ1n) is 4.78. The Bertz CT molecular complexity index is 407. The zero-order valence-corrected chi connectivity index (χ0v) is 8.10. The molecule has 0 saturated heterocycles. The first-order chi connectivity index (χ1) is 7.03. The molecule has 4 nitrogen and oxygen atoms in total. The van der Waals surface area contributed by atoms with Crippen molar-refractivity contribution < 1.29 is 20.1 Å². The molecule has 0 unspecified atom stereocenters. The second-order valence-corrected chi connectivity index (χ2v) is 4.09. The van der Waals surface area contributed by atoms with E-state index in [9.17, 15) is 9.90 Å². The van der Waals surface area contributed by atoms with Crippen molar-refractivity contribution >= 4 is 5.97 Å². The van der Waals surface area contributed by atoms with Gasteiger partial charge in [0, 0.05) is 0 Å². The van der Waals surface area contributed by atoms with Crippen LogP contribution in [0.25, 0.3) is 0 Å². The SMILES string of the molecule is O=C(O)C1(Cc2ccc(O)c(O)c2)CC1. The minimum atomic E-state index is -0.782. The minimum absolute atomic E-state index is 0.182. The maximum Gasteiger partial charge on any atom is 0.309 e. The Morgan fingerprint density at radius 3 is 2.40 bits per heavy atom. The molecule has 0 amide bonds. The van der Waals surface area contributed by atoms with E-state index in [4.69, 9.17) is 10.2 Å². The van der Waals surface area contributed by atoms with Crippen LogP contribution in [0.15, 0.2) is 18.2 Å². The highest BCUT2D eigenvalue weighted by Gasteiger charge is 2.49. The lowest BCUT2D eigenvalue weighted by Gasteiger charge is -2.09. The van der Waals surface area contributed by atoms with Crippen LogP contribution < -0.4 is 0 Å². The van der Waals surface area contributed by atoms with Crippen molar-refractivity contribution in [3.05, 3.63) is 23.8 Å². The summed E-state index contributed by atoms with van der Waals surface area (Å²) in [6, 6.07) is 4.43. The van der Waals surface area contributed by atoms with Crippen molar-refractivity contribution in [2.24, 2.45) is 5.41 Å². The van der Waals surface area contributed by atoms with Gasteiger partial charge in [-0.15, -0.1) is 0 Å². The number of aliphatic carboxylic acids is 1. The van der Waals surface area contributed by atoms with Gasteiger partial charge in [-0.1, -0.05) is 6.07 Å². The summed E-state index contributed by atoms with van der Waals surface area (Å²) < 4.78 is 0. The standard InChI is InChI=1S/C11H12O4/c12-8-2-1-7(5-9(8)13)6-11(3-4-11)10(14)15/h1-2,5,12-13H,3-4,6H2,(H,14,15). The van der Waals surface area contributed by atoms with E-state index in [1.165, 1.54) is 12.1 Å². The van der Waals surface area contributed by atoms with Crippen molar-refractivity contribution in [2.45, 2.75) is 19.3 Å². The highest BCUT2D eigenvalue weighted by atomic mass is 16.4. The summed E-state index contributed by atoms with van der Waals surface area (Å²) in [6.45, 7) is 0. The quantitative estimate of drug-likeness (QED) is 0.658. The Morgan fingerprint density at radius 1 is 1.27 bits per heavy atom. The summed E-state index contributed by atoms with van der Waals surface area (Å²) in [4.78, 5) is 10.9. The average molecular weight is 208 g/mol. The Kier molecular flexibility index (Phi) is 2.07. The highest BCUT2D eigenvalue weighted by molar-refractivity contribution is 5.78. The van der Waals surface area contributed by atoms with Crippen molar-refractivity contribution in [3.8, 4) is 11.5 Å². The van der Waals surface area contributed by atoms with Gasteiger partial charge in [0.15, 0.2) is 11.5 Å². The van der Waals surface area contributed by atoms with Crippen molar-refractivity contribution in [1.82, 2.24) is 0 Å². The number of carboxylic acid groups (broad SMARTS) is 1. The van der Waals surface area contributed by atoms with Crippen LogP contribution in [-0.4, -0.2) is 21.3 Å². The van der Waals surface area contributed by atoms with Gasteiger partial charge in [0.2, 0.25) is 0 Å². The van der Waals surface area contributed by atoms with Gasteiger partial charge in [-0.2, -0.15) is 0 Å². The number of phenols is 2. The van der Waals surface area contributed by atoms with Crippen LogP contribution in [0.2, 0.25) is 0 Å². The van der Waals surface area contributed by atoms with Crippen LogP contribution in [-0.2, 0) is 11.2 Å². The number of carboxylic acids is 1. The molecule has 1 fully saturated rings. The van der Waals surface area contributed by atoms with Crippen molar-refractivity contribution in [1.29, 1.82) is 0 Å². The summed E-state index contributed by atoms with van der Waals surface area (Å²) in [5.41, 5.74) is 0.105. The summed E-state index contributed by atoms with van der Waals surface area (Å²) in [5.74, 6) is -1.16. The summed E-state index contributed by atoms with van der Waals surface area (Å²) in [5, 5.41) is 27.3. The molecule has 4 heteroatoms. The fraction of sp³-hybridized carbons (Fsp3) is 0.364. The molecule has 0 aromatic heterocycles. The predicted octanol–water partition coefficient (Wildman–Crippen LogP) is 1.51. The molecule has 1 saturated carbocycles. The van der Waals surface area contributed by atoms with Gasteiger partial charge in [0.1, 0.15) is 0 Å². The molecule has 0 bridgehead atoms. The molecular weight excluding hydrogens is 196 g/mol. The third-order valence-electron chi connectivity index (χ3n) is 2.89. The van der Waals surface area contributed by atoms with Crippen LogP contribution in [0.1, 0.15) is 18.4 Å². The van der Waals surface area contributed by atoms with Crippen molar-refractivity contribution in [2.75, 3.05) is 0 Å². The molecule has 0 atom stereocenters. The van der Waals surface area contributed by atoms with Gasteiger partial charge < -0.3 is 15.3 Å². The molecule has 15 heavy (non-hydrogen) atoms. The molecule has 0 spiro atoms. The van der Waals surface area contributed by atoms with Gasteiger partial charge >= 0.3 is 5.97 Å². The fourth-order valence-electron chi connectivity index (χ4n) is 1.69. The first-order valence-corrected chi connectivity index (χ1v) is 4.78. The number of benzene rings is 1. The van der Waals surface area contributed by atoms with E-state index in [1.807, 2.05) is 0 Å². The molecule has 1 aliphatic carbocycles. The zero-order valence-electron chi connectivity index (χ0n) is 8.10.